The first-order valence-electron chi connectivity index (χ1n) is 13.2. The molecule has 0 aliphatic rings. The Bertz CT molecular complexity index is 1500. The lowest BCUT2D eigenvalue weighted by Crippen LogP contribution is -2.66. The molecule has 0 bridgehead atoms. The summed E-state index contributed by atoms with van der Waals surface area (Å²) in [5, 5.41) is 5.28. The third kappa shape index (κ3) is 5.12. The molecule has 0 radical (unpaired) electrons. The van der Waals surface area contributed by atoms with E-state index in [4.69, 9.17) is 0 Å². The van der Waals surface area contributed by atoms with E-state index >= 15 is 0 Å². The molecule has 39 heavy (non-hydrogen) atoms. The molecule has 0 aromatic heterocycles. The minimum atomic E-state index is -3.06. The lowest BCUT2D eigenvalue weighted by molar-refractivity contribution is 0.583. The van der Waals surface area contributed by atoms with E-state index in [1.807, 2.05) is 85.8 Å². The van der Waals surface area contributed by atoms with Crippen molar-refractivity contribution in [1.29, 1.82) is 0 Å². The summed E-state index contributed by atoms with van der Waals surface area (Å²) >= 11 is 0. The Kier molecular flexibility index (Phi) is 7.94. The number of benzene rings is 5. The van der Waals surface area contributed by atoms with Gasteiger partial charge in [0.15, 0.2) is 7.14 Å². The summed E-state index contributed by atoms with van der Waals surface area (Å²) in [6.07, 6.45) is 0. The van der Waals surface area contributed by atoms with Gasteiger partial charge in [-0.3, -0.25) is 0 Å². The molecule has 5 aromatic carbocycles. The zero-order valence-electron chi connectivity index (χ0n) is 22.1. The zero-order chi connectivity index (χ0) is 27.1. The minimum Gasteiger partial charge on any atom is -0.313 e. The molecule has 0 saturated heterocycles. The molecule has 3 heteroatoms. The zero-order valence-corrected chi connectivity index (χ0v) is 24.0. The van der Waals surface area contributed by atoms with Crippen LogP contribution in [0.1, 0.15) is 6.92 Å². The van der Waals surface area contributed by atoms with Crippen molar-refractivity contribution in [3.63, 3.8) is 0 Å². The third-order valence-electron chi connectivity index (χ3n) is 7.36. The van der Waals surface area contributed by atoms with Gasteiger partial charge in [-0.15, -0.1) is 5.54 Å². The van der Waals surface area contributed by atoms with Crippen LogP contribution in [0.5, 0.6) is 0 Å². The van der Waals surface area contributed by atoms with E-state index in [1.165, 1.54) is 15.6 Å². The number of allylic oxidation sites excluding steroid dienone is 1. The quantitative estimate of drug-likeness (QED) is 0.113. The van der Waals surface area contributed by atoms with E-state index < -0.39 is 15.2 Å². The van der Waals surface area contributed by atoms with Gasteiger partial charge >= 0.3 is 0 Å². The van der Waals surface area contributed by atoms with Crippen molar-refractivity contribution in [2.45, 2.75) is 12.6 Å². The highest BCUT2D eigenvalue weighted by atomic mass is 31.2. The van der Waals surface area contributed by atoms with Crippen molar-refractivity contribution in [3.8, 4) is 11.5 Å². The highest BCUT2D eigenvalue weighted by molar-refractivity contribution is 7.79. The van der Waals surface area contributed by atoms with E-state index in [2.05, 4.69) is 90.8 Å². The molecule has 0 heterocycles. The maximum atomic E-state index is 15.0. The van der Waals surface area contributed by atoms with Crippen molar-refractivity contribution < 1.29 is 4.57 Å². The van der Waals surface area contributed by atoms with E-state index in [0.29, 0.717) is 5.57 Å². The maximum absolute atomic E-state index is 15.0. The van der Waals surface area contributed by atoms with Crippen molar-refractivity contribution in [1.82, 2.24) is 0 Å². The molecule has 0 aliphatic carbocycles. The fourth-order valence-electron chi connectivity index (χ4n) is 5.17. The molecular weight excluding hydrogens is 507 g/mol. The summed E-state index contributed by atoms with van der Waals surface area (Å²) in [5.41, 5.74) is 4.13. The van der Waals surface area contributed by atoms with Gasteiger partial charge in [0.1, 0.15) is 0 Å². The molecular formula is C36H31OPSi. The largest absolute Gasteiger partial charge is 0.313 e. The molecule has 0 spiro atoms. The second-order valence-electron chi connectivity index (χ2n) is 9.63. The van der Waals surface area contributed by atoms with Gasteiger partial charge in [0, 0.05) is 21.8 Å². The van der Waals surface area contributed by atoms with Crippen LogP contribution in [0.15, 0.2) is 164 Å². The van der Waals surface area contributed by atoms with E-state index in [9.17, 15) is 4.57 Å². The number of hydrogen-bond acceptors (Lipinski definition) is 1. The summed E-state index contributed by atoms with van der Waals surface area (Å²) in [5.74, 6) is 3.51. The van der Waals surface area contributed by atoms with Gasteiger partial charge in [-0.25, -0.2) is 0 Å². The molecule has 0 amide bonds. The third-order valence-corrected chi connectivity index (χ3v) is 15.0. The molecule has 5 rings (SSSR count). The second-order valence-corrected chi connectivity index (χ2v) is 16.2. The van der Waals surface area contributed by atoms with Gasteiger partial charge in [-0.2, -0.15) is 0 Å². The topological polar surface area (TPSA) is 17.1 Å². The lowest BCUT2D eigenvalue weighted by Gasteiger charge is -2.29. The monoisotopic (exact) mass is 538 g/mol. The van der Waals surface area contributed by atoms with Gasteiger partial charge in [-0.05, 0) is 15.6 Å². The van der Waals surface area contributed by atoms with Crippen LogP contribution >= 0.6 is 7.14 Å². The predicted octanol–water partition coefficient (Wildman–Crippen LogP) is 5.66. The molecule has 0 N–H and O–H groups in total. The van der Waals surface area contributed by atoms with Gasteiger partial charge in [-0.1, -0.05) is 171 Å². The van der Waals surface area contributed by atoms with E-state index in [-0.39, 0.29) is 5.66 Å². The summed E-state index contributed by atoms with van der Waals surface area (Å²) < 4.78 is 15.0. The fraction of sp³-hybridized carbons (Fsp3) is 0.0556. The summed E-state index contributed by atoms with van der Waals surface area (Å²) in [4.78, 5) is 0. The highest BCUT2D eigenvalue weighted by Crippen LogP contribution is 2.50. The highest BCUT2D eigenvalue weighted by Gasteiger charge is 2.39. The van der Waals surface area contributed by atoms with Gasteiger partial charge in [0.2, 0.25) is 8.07 Å². The summed E-state index contributed by atoms with van der Waals surface area (Å²) in [6, 6.07) is 51.3. The Morgan fingerprint density at radius 1 is 0.590 bits per heavy atom. The summed E-state index contributed by atoms with van der Waals surface area (Å²) in [7, 11) is -5.82. The Labute approximate surface area is 233 Å². The molecule has 5 aromatic rings. The van der Waals surface area contributed by atoms with Crippen molar-refractivity contribution >= 4 is 41.4 Å². The van der Waals surface area contributed by atoms with Crippen LogP contribution in [-0.2, 0) is 4.57 Å². The van der Waals surface area contributed by atoms with Crippen LogP contribution in [0.2, 0.25) is 0 Å². The Morgan fingerprint density at radius 2 is 0.897 bits per heavy atom. The van der Waals surface area contributed by atoms with Crippen LogP contribution in [0.4, 0.5) is 0 Å². The summed E-state index contributed by atoms with van der Waals surface area (Å²) in [6.45, 7) is 6.44. The Balaban J connectivity index is 1.68. The van der Waals surface area contributed by atoms with Gasteiger partial charge in [0.05, 0.1) is 0 Å². The van der Waals surface area contributed by atoms with Gasteiger partial charge in [0.25, 0.3) is 0 Å². The fourth-order valence-corrected chi connectivity index (χ4v) is 12.0. The second kappa shape index (κ2) is 11.7. The van der Waals surface area contributed by atoms with Crippen molar-refractivity contribution in [2.75, 3.05) is 0 Å². The average molecular weight is 539 g/mol. The molecule has 0 fully saturated rings. The smallest absolute Gasteiger partial charge is 0.230 e. The van der Waals surface area contributed by atoms with Crippen LogP contribution in [0.25, 0.3) is 0 Å². The molecule has 1 unspecified atom stereocenters. The van der Waals surface area contributed by atoms with Crippen LogP contribution < -0.4 is 26.2 Å². The normalized spacial score (nSPS) is 12.1. The number of hydrogen-bond donors (Lipinski definition) is 0. The van der Waals surface area contributed by atoms with Crippen molar-refractivity contribution in [2.24, 2.45) is 0 Å². The Hall–Kier alpha value is -4.15. The van der Waals surface area contributed by atoms with Gasteiger partial charge < -0.3 is 4.57 Å². The standard InChI is InChI=1S/C36H31OPSi/c1-30(31(2)38(37,32-18-8-3-9-19-32)33-20-10-4-11-21-33)28-29-39(34-22-12-5-13-23-34,35-24-14-6-15-25-35)36-26-16-7-17-27-36/h3-27,31H,1H2,2H3. The first kappa shape index (κ1) is 26.5. The minimum absolute atomic E-state index is 0.358. The lowest BCUT2D eigenvalue weighted by atomic mass is 10.2. The van der Waals surface area contributed by atoms with Crippen molar-refractivity contribution in [3.05, 3.63) is 164 Å². The Morgan fingerprint density at radius 3 is 1.23 bits per heavy atom. The average Bonchev–Trinajstić information content (AvgIpc) is 3.03. The molecule has 190 valence electrons. The first-order valence-corrected chi connectivity index (χ1v) is 16.9. The van der Waals surface area contributed by atoms with Crippen LogP contribution in [0.3, 0.4) is 0 Å². The number of rotatable bonds is 7. The molecule has 0 aliphatic heterocycles. The molecule has 1 atom stereocenters. The van der Waals surface area contributed by atoms with Crippen LogP contribution in [-0.4, -0.2) is 13.7 Å². The molecule has 0 saturated carbocycles. The van der Waals surface area contributed by atoms with E-state index in [0.717, 1.165) is 10.6 Å². The van der Waals surface area contributed by atoms with E-state index in [1.54, 1.807) is 0 Å². The molecule has 1 nitrogen and oxygen atoms in total. The van der Waals surface area contributed by atoms with Crippen LogP contribution in [0, 0.1) is 11.5 Å². The SMILES string of the molecule is C=C(C#C[Si](c1ccccc1)(c1ccccc1)c1ccccc1)C(C)P(=O)(c1ccccc1)c1ccccc1. The first-order chi connectivity index (χ1) is 19.1. The predicted molar refractivity (Wildman–Crippen MR) is 170 cm³/mol. The maximum Gasteiger partial charge on any atom is 0.230 e.